The Morgan fingerprint density at radius 2 is 1.93 bits per heavy atom. The van der Waals surface area contributed by atoms with Crippen LogP contribution in [-0.2, 0) is 6.54 Å². The molecule has 1 aliphatic heterocycles. The molecule has 1 fully saturated rings. The molecule has 0 saturated carbocycles. The van der Waals surface area contributed by atoms with Crippen LogP contribution < -0.4 is 10.2 Å². The van der Waals surface area contributed by atoms with Gasteiger partial charge < -0.3 is 14.7 Å². The first-order valence-electron chi connectivity index (χ1n) is 9.49. The third kappa shape index (κ3) is 4.24. The number of hydrogen-bond acceptors (Lipinski definition) is 7. The quantitative estimate of drug-likeness (QED) is 0.737. The van der Waals surface area contributed by atoms with Crippen LogP contribution in [0.3, 0.4) is 0 Å². The van der Waals surface area contributed by atoms with Crippen molar-refractivity contribution in [1.29, 1.82) is 0 Å². The summed E-state index contributed by atoms with van der Waals surface area (Å²) in [6, 6.07) is 7.99. The molecule has 0 aromatic carbocycles. The van der Waals surface area contributed by atoms with E-state index in [0.29, 0.717) is 18.3 Å². The van der Waals surface area contributed by atoms with Gasteiger partial charge in [0.2, 0.25) is 0 Å². The van der Waals surface area contributed by atoms with E-state index in [0.717, 1.165) is 30.3 Å². The smallest absolute Gasteiger partial charge is 0.261 e. The van der Waals surface area contributed by atoms with Crippen molar-refractivity contribution in [3.63, 3.8) is 0 Å². The second kappa shape index (κ2) is 8.16. The minimum atomic E-state index is 0.475. The van der Waals surface area contributed by atoms with Crippen LogP contribution in [0.4, 0.5) is 11.6 Å². The molecule has 3 aromatic rings. The van der Waals surface area contributed by atoms with Crippen LogP contribution in [0.25, 0.3) is 11.5 Å². The van der Waals surface area contributed by atoms with Crippen molar-refractivity contribution in [2.24, 2.45) is 0 Å². The molecule has 0 amide bonds. The average molecular weight is 364 g/mol. The zero-order valence-corrected chi connectivity index (χ0v) is 15.6. The normalized spacial score (nSPS) is 14.8. The van der Waals surface area contributed by atoms with Gasteiger partial charge in [0, 0.05) is 32.0 Å². The highest BCUT2D eigenvalue weighted by molar-refractivity contribution is 5.68. The van der Waals surface area contributed by atoms with Crippen LogP contribution in [0.15, 0.2) is 41.2 Å². The number of aromatic nitrogens is 4. The molecule has 1 aliphatic rings. The Morgan fingerprint density at radius 1 is 1.07 bits per heavy atom. The number of anilines is 2. The van der Waals surface area contributed by atoms with Crippen molar-refractivity contribution in [2.45, 2.75) is 39.2 Å². The fourth-order valence-electron chi connectivity index (χ4n) is 3.35. The van der Waals surface area contributed by atoms with Crippen LogP contribution in [0.1, 0.15) is 37.1 Å². The molecule has 0 unspecified atom stereocenters. The van der Waals surface area contributed by atoms with Crippen LogP contribution in [0, 0.1) is 6.92 Å². The van der Waals surface area contributed by atoms with E-state index in [2.05, 4.69) is 36.4 Å². The lowest BCUT2D eigenvalue weighted by Gasteiger charge is -2.21. The van der Waals surface area contributed by atoms with Gasteiger partial charge in [0.1, 0.15) is 11.6 Å². The summed E-state index contributed by atoms with van der Waals surface area (Å²) in [5.74, 6) is 2.87. The molecule has 0 atom stereocenters. The highest BCUT2D eigenvalue weighted by atomic mass is 16.5. The number of nitrogens with one attached hydrogen (secondary N) is 1. The fraction of sp³-hybridized carbons (Fsp3) is 0.400. The Balaban J connectivity index is 1.49. The first-order chi connectivity index (χ1) is 13.3. The van der Waals surface area contributed by atoms with E-state index in [1.807, 2.05) is 24.4 Å². The first-order valence-corrected chi connectivity index (χ1v) is 9.49. The molecule has 4 heterocycles. The van der Waals surface area contributed by atoms with Crippen LogP contribution in [-0.4, -0.2) is 33.2 Å². The van der Waals surface area contributed by atoms with E-state index in [9.17, 15) is 0 Å². The topological polar surface area (TPSA) is 80.0 Å². The standard InChI is InChI=1S/C20H24N6O/c1-15-24-20(27-25-15)17-7-6-9-22-19(17)23-14-16-8-10-21-18(13-16)26-11-4-2-3-5-12-26/h6-10,13H,2-5,11-12,14H2,1H3,(H,22,23). The number of rotatable bonds is 5. The lowest BCUT2D eigenvalue weighted by atomic mass is 10.2. The van der Waals surface area contributed by atoms with Gasteiger partial charge in [-0.2, -0.15) is 4.98 Å². The highest BCUT2D eigenvalue weighted by Gasteiger charge is 2.14. The summed E-state index contributed by atoms with van der Waals surface area (Å²) in [7, 11) is 0. The summed E-state index contributed by atoms with van der Waals surface area (Å²) in [5, 5.41) is 7.26. The van der Waals surface area contributed by atoms with Crippen molar-refractivity contribution in [3.8, 4) is 11.5 Å². The molecular formula is C20H24N6O. The Labute approximate surface area is 158 Å². The lowest BCUT2D eigenvalue weighted by Crippen LogP contribution is -2.25. The number of hydrogen-bond donors (Lipinski definition) is 1. The summed E-state index contributed by atoms with van der Waals surface area (Å²) in [4.78, 5) is 15.7. The van der Waals surface area contributed by atoms with E-state index in [1.165, 1.54) is 31.2 Å². The van der Waals surface area contributed by atoms with Gasteiger partial charge in [0.05, 0.1) is 5.56 Å². The summed E-state index contributed by atoms with van der Waals surface area (Å²) in [6.07, 6.45) is 8.75. The van der Waals surface area contributed by atoms with Crippen LogP contribution in [0.5, 0.6) is 0 Å². The first kappa shape index (κ1) is 17.5. The molecule has 1 saturated heterocycles. The predicted octanol–water partition coefficient (Wildman–Crippen LogP) is 3.83. The number of pyridine rings is 2. The van der Waals surface area contributed by atoms with Gasteiger partial charge in [-0.05, 0) is 49.6 Å². The molecule has 4 rings (SSSR count). The summed E-state index contributed by atoms with van der Waals surface area (Å²) in [6.45, 7) is 4.63. The second-order valence-electron chi connectivity index (χ2n) is 6.82. The Kier molecular flexibility index (Phi) is 5.27. The van der Waals surface area contributed by atoms with Gasteiger partial charge in [-0.15, -0.1) is 0 Å². The van der Waals surface area contributed by atoms with Gasteiger partial charge in [0.25, 0.3) is 5.89 Å². The molecule has 0 spiro atoms. The maximum absolute atomic E-state index is 5.30. The van der Waals surface area contributed by atoms with E-state index in [4.69, 9.17) is 4.52 Å². The van der Waals surface area contributed by atoms with Crippen molar-refractivity contribution >= 4 is 11.6 Å². The molecular weight excluding hydrogens is 340 g/mol. The Bertz CT molecular complexity index is 885. The zero-order chi connectivity index (χ0) is 18.5. The van der Waals surface area contributed by atoms with E-state index in [-0.39, 0.29) is 0 Å². The molecule has 7 heteroatoms. The molecule has 140 valence electrons. The second-order valence-corrected chi connectivity index (χ2v) is 6.82. The third-order valence-electron chi connectivity index (χ3n) is 4.77. The Morgan fingerprint density at radius 3 is 2.70 bits per heavy atom. The number of nitrogens with zero attached hydrogens (tertiary/aromatic N) is 5. The predicted molar refractivity (Wildman–Crippen MR) is 105 cm³/mol. The lowest BCUT2D eigenvalue weighted by molar-refractivity contribution is 0.425. The summed E-state index contributed by atoms with van der Waals surface area (Å²) >= 11 is 0. The molecule has 0 radical (unpaired) electrons. The highest BCUT2D eigenvalue weighted by Crippen LogP contribution is 2.25. The zero-order valence-electron chi connectivity index (χ0n) is 15.6. The minimum absolute atomic E-state index is 0.475. The van der Waals surface area contributed by atoms with Gasteiger partial charge >= 0.3 is 0 Å². The van der Waals surface area contributed by atoms with Crippen molar-refractivity contribution in [1.82, 2.24) is 20.1 Å². The maximum Gasteiger partial charge on any atom is 0.261 e. The largest absolute Gasteiger partial charge is 0.365 e. The average Bonchev–Trinajstić information content (AvgIpc) is 2.96. The van der Waals surface area contributed by atoms with Crippen molar-refractivity contribution < 1.29 is 4.52 Å². The van der Waals surface area contributed by atoms with Crippen molar-refractivity contribution in [3.05, 3.63) is 48.0 Å². The molecule has 1 N–H and O–H groups in total. The maximum atomic E-state index is 5.30. The summed E-state index contributed by atoms with van der Waals surface area (Å²) in [5.41, 5.74) is 1.97. The monoisotopic (exact) mass is 364 g/mol. The van der Waals surface area contributed by atoms with Crippen LogP contribution >= 0.6 is 0 Å². The SMILES string of the molecule is Cc1noc(-c2cccnc2NCc2ccnc(N3CCCCCC3)c2)n1. The van der Waals surface area contributed by atoms with Crippen molar-refractivity contribution in [2.75, 3.05) is 23.3 Å². The molecule has 7 nitrogen and oxygen atoms in total. The van der Waals surface area contributed by atoms with Gasteiger partial charge in [0.15, 0.2) is 5.82 Å². The molecule has 3 aromatic heterocycles. The molecule has 0 bridgehead atoms. The third-order valence-corrected chi connectivity index (χ3v) is 4.77. The van der Waals surface area contributed by atoms with Gasteiger partial charge in [-0.3, -0.25) is 0 Å². The Hall–Kier alpha value is -2.96. The fourth-order valence-corrected chi connectivity index (χ4v) is 3.35. The van der Waals surface area contributed by atoms with E-state index in [1.54, 1.807) is 13.1 Å². The van der Waals surface area contributed by atoms with Gasteiger partial charge in [-0.25, -0.2) is 9.97 Å². The number of aryl methyl sites for hydroxylation is 1. The molecule has 27 heavy (non-hydrogen) atoms. The van der Waals surface area contributed by atoms with E-state index < -0.39 is 0 Å². The minimum Gasteiger partial charge on any atom is -0.365 e. The summed E-state index contributed by atoms with van der Waals surface area (Å²) < 4.78 is 5.30. The molecule has 0 aliphatic carbocycles. The van der Waals surface area contributed by atoms with E-state index >= 15 is 0 Å². The van der Waals surface area contributed by atoms with Crippen LogP contribution in [0.2, 0.25) is 0 Å². The van der Waals surface area contributed by atoms with Gasteiger partial charge in [-0.1, -0.05) is 18.0 Å².